The zero-order valence-electron chi connectivity index (χ0n) is 12.7. The van der Waals surface area contributed by atoms with Gasteiger partial charge in [-0.15, -0.1) is 6.42 Å². The molecule has 0 aromatic heterocycles. The smallest absolute Gasteiger partial charge is 0.0694 e. The molecule has 3 N–H and O–H groups in total. The van der Waals surface area contributed by atoms with Gasteiger partial charge >= 0.3 is 0 Å². The summed E-state index contributed by atoms with van der Waals surface area (Å²) in [5, 5.41) is 3.69. The molecule has 20 heavy (non-hydrogen) atoms. The van der Waals surface area contributed by atoms with Crippen molar-refractivity contribution in [1.29, 1.82) is 0 Å². The number of rotatable bonds is 5. The monoisotopic (exact) mass is 270 g/mol. The minimum atomic E-state index is -0.157. The van der Waals surface area contributed by atoms with Gasteiger partial charge in [0, 0.05) is 6.54 Å². The number of nitrogens with two attached hydrogens (primary N) is 1. The van der Waals surface area contributed by atoms with Crippen molar-refractivity contribution in [3.8, 4) is 12.3 Å². The molecule has 0 saturated heterocycles. The van der Waals surface area contributed by atoms with E-state index in [0.717, 1.165) is 25.7 Å². The summed E-state index contributed by atoms with van der Waals surface area (Å²) in [6, 6.07) is 8.77. The first kappa shape index (κ1) is 15.1. The van der Waals surface area contributed by atoms with E-state index in [1.54, 1.807) is 0 Å². The Morgan fingerprint density at radius 1 is 1.50 bits per heavy atom. The summed E-state index contributed by atoms with van der Waals surface area (Å²) >= 11 is 0. The second-order valence-electron chi connectivity index (χ2n) is 5.97. The Morgan fingerprint density at radius 3 is 2.90 bits per heavy atom. The zero-order valence-corrected chi connectivity index (χ0v) is 12.7. The maximum absolute atomic E-state index is 6.17. The van der Waals surface area contributed by atoms with Crippen molar-refractivity contribution < 1.29 is 0 Å². The number of fused-ring (bicyclic) bond motifs is 1. The lowest BCUT2D eigenvalue weighted by molar-refractivity contribution is 0.261. The van der Waals surface area contributed by atoms with E-state index in [1.807, 2.05) is 0 Å². The van der Waals surface area contributed by atoms with Crippen LogP contribution in [0, 0.1) is 12.3 Å². The first-order chi connectivity index (χ1) is 9.66. The van der Waals surface area contributed by atoms with Crippen LogP contribution >= 0.6 is 0 Å². The average Bonchev–Trinajstić information content (AvgIpc) is 2.50. The van der Waals surface area contributed by atoms with Gasteiger partial charge in [0.25, 0.3) is 0 Å². The van der Waals surface area contributed by atoms with Crippen LogP contribution < -0.4 is 11.1 Å². The highest BCUT2D eigenvalue weighted by Gasteiger charge is 2.38. The SMILES string of the molecule is C#CC(CCC)NC1(CN)CCC(C)c2ccccc21. The molecule has 3 atom stereocenters. The number of benzene rings is 1. The third kappa shape index (κ3) is 2.75. The van der Waals surface area contributed by atoms with Gasteiger partial charge in [-0.25, -0.2) is 0 Å². The van der Waals surface area contributed by atoms with Crippen molar-refractivity contribution in [3.63, 3.8) is 0 Å². The third-order valence-corrected chi connectivity index (χ3v) is 4.59. The quantitative estimate of drug-likeness (QED) is 0.807. The molecular formula is C18H26N2. The summed E-state index contributed by atoms with van der Waals surface area (Å²) in [6.45, 7) is 5.06. The molecule has 0 radical (unpaired) electrons. The van der Waals surface area contributed by atoms with E-state index in [1.165, 1.54) is 11.1 Å². The zero-order chi connectivity index (χ0) is 14.6. The lowest BCUT2D eigenvalue weighted by Crippen LogP contribution is -2.54. The standard InChI is InChI=1S/C18H26N2/c1-4-8-15(5-2)20-18(13-19)12-11-14(3)16-9-6-7-10-17(16)18/h2,6-7,9-10,14-15,20H,4,8,11-13,19H2,1,3H3. The highest BCUT2D eigenvalue weighted by atomic mass is 15.0. The second kappa shape index (κ2) is 6.43. The molecule has 108 valence electrons. The molecule has 0 spiro atoms. The molecule has 0 fully saturated rings. The summed E-state index contributed by atoms with van der Waals surface area (Å²) in [7, 11) is 0. The predicted molar refractivity (Wildman–Crippen MR) is 85.5 cm³/mol. The van der Waals surface area contributed by atoms with Gasteiger partial charge in [-0.3, -0.25) is 5.32 Å². The van der Waals surface area contributed by atoms with Crippen LogP contribution in [0.1, 0.15) is 56.6 Å². The Hall–Kier alpha value is -1.30. The number of terminal acetylenes is 1. The molecule has 1 aliphatic rings. The van der Waals surface area contributed by atoms with Gasteiger partial charge in [-0.05, 0) is 36.3 Å². The van der Waals surface area contributed by atoms with Crippen LogP contribution in [0.15, 0.2) is 24.3 Å². The lowest BCUT2D eigenvalue weighted by atomic mass is 9.72. The second-order valence-corrected chi connectivity index (χ2v) is 5.97. The Bertz CT molecular complexity index is 488. The summed E-state index contributed by atoms with van der Waals surface area (Å²) in [4.78, 5) is 0. The van der Waals surface area contributed by atoms with E-state index in [0.29, 0.717) is 12.5 Å². The molecule has 1 aromatic carbocycles. The molecule has 0 saturated carbocycles. The van der Waals surface area contributed by atoms with Crippen molar-refractivity contribution in [2.24, 2.45) is 5.73 Å². The van der Waals surface area contributed by atoms with Gasteiger partial charge in [0.1, 0.15) is 0 Å². The highest BCUT2D eigenvalue weighted by Crippen LogP contribution is 2.41. The molecule has 3 unspecified atom stereocenters. The first-order valence-electron chi connectivity index (χ1n) is 7.70. The average molecular weight is 270 g/mol. The van der Waals surface area contributed by atoms with E-state index in [9.17, 15) is 0 Å². The van der Waals surface area contributed by atoms with E-state index >= 15 is 0 Å². The lowest BCUT2D eigenvalue weighted by Gasteiger charge is -2.43. The normalized spacial score (nSPS) is 26.6. The highest BCUT2D eigenvalue weighted by molar-refractivity contribution is 5.39. The Kier molecular flexibility index (Phi) is 4.86. The van der Waals surface area contributed by atoms with Crippen molar-refractivity contribution in [1.82, 2.24) is 5.32 Å². The fourth-order valence-corrected chi connectivity index (χ4v) is 3.36. The van der Waals surface area contributed by atoms with Crippen LogP contribution in [0.25, 0.3) is 0 Å². The predicted octanol–water partition coefficient (Wildman–Crippen LogP) is 3.13. The molecule has 0 aliphatic heterocycles. The van der Waals surface area contributed by atoms with Gasteiger partial charge in [-0.2, -0.15) is 0 Å². The molecule has 1 aliphatic carbocycles. The van der Waals surface area contributed by atoms with Gasteiger partial charge < -0.3 is 5.73 Å². The topological polar surface area (TPSA) is 38.0 Å². The minimum Gasteiger partial charge on any atom is -0.328 e. The van der Waals surface area contributed by atoms with Crippen LogP contribution in [0.2, 0.25) is 0 Å². The number of hydrogen-bond acceptors (Lipinski definition) is 2. The van der Waals surface area contributed by atoms with E-state index in [4.69, 9.17) is 12.2 Å². The van der Waals surface area contributed by atoms with Crippen molar-refractivity contribution >= 4 is 0 Å². The third-order valence-electron chi connectivity index (χ3n) is 4.59. The number of hydrogen-bond donors (Lipinski definition) is 2. The number of nitrogens with one attached hydrogen (secondary N) is 1. The summed E-state index contributed by atoms with van der Waals surface area (Å²) in [5.41, 5.74) is 8.77. The summed E-state index contributed by atoms with van der Waals surface area (Å²) in [5.74, 6) is 3.48. The van der Waals surface area contributed by atoms with Crippen molar-refractivity contribution in [2.75, 3.05) is 6.54 Å². The van der Waals surface area contributed by atoms with Crippen LogP contribution in [-0.2, 0) is 5.54 Å². The van der Waals surface area contributed by atoms with Crippen LogP contribution in [0.4, 0.5) is 0 Å². The van der Waals surface area contributed by atoms with Crippen LogP contribution in [0.3, 0.4) is 0 Å². The Balaban J connectivity index is 2.36. The molecular weight excluding hydrogens is 244 g/mol. The maximum atomic E-state index is 6.17. The maximum Gasteiger partial charge on any atom is 0.0694 e. The van der Waals surface area contributed by atoms with Gasteiger partial charge in [0.05, 0.1) is 11.6 Å². The van der Waals surface area contributed by atoms with Crippen LogP contribution in [0.5, 0.6) is 0 Å². The molecule has 0 amide bonds. The summed E-state index contributed by atoms with van der Waals surface area (Å²) in [6.07, 6.45) is 9.98. The molecule has 2 rings (SSSR count). The largest absolute Gasteiger partial charge is 0.328 e. The van der Waals surface area contributed by atoms with Crippen LogP contribution in [-0.4, -0.2) is 12.6 Å². The Morgan fingerprint density at radius 2 is 2.25 bits per heavy atom. The fourth-order valence-electron chi connectivity index (χ4n) is 3.36. The fraction of sp³-hybridized carbons (Fsp3) is 0.556. The molecule has 2 nitrogen and oxygen atoms in total. The molecule has 0 heterocycles. The van der Waals surface area contributed by atoms with Crippen molar-refractivity contribution in [2.45, 2.75) is 57.0 Å². The van der Waals surface area contributed by atoms with Gasteiger partial charge in [-0.1, -0.05) is 50.5 Å². The van der Waals surface area contributed by atoms with E-state index in [2.05, 4.69) is 49.4 Å². The first-order valence-corrected chi connectivity index (χ1v) is 7.70. The summed E-state index contributed by atoms with van der Waals surface area (Å²) < 4.78 is 0. The molecule has 1 aromatic rings. The van der Waals surface area contributed by atoms with E-state index in [-0.39, 0.29) is 11.6 Å². The molecule has 0 bridgehead atoms. The van der Waals surface area contributed by atoms with Gasteiger partial charge in [0.15, 0.2) is 0 Å². The van der Waals surface area contributed by atoms with E-state index < -0.39 is 0 Å². The minimum absolute atomic E-state index is 0.102. The van der Waals surface area contributed by atoms with Crippen molar-refractivity contribution in [3.05, 3.63) is 35.4 Å². The Labute approximate surface area is 123 Å². The van der Waals surface area contributed by atoms with Gasteiger partial charge in [0.2, 0.25) is 0 Å². The molecule has 2 heteroatoms.